The lowest BCUT2D eigenvalue weighted by Gasteiger charge is -2.17. The van der Waals surface area contributed by atoms with Crippen LogP contribution in [0.1, 0.15) is 16.8 Å². The number of benzene rings is 1. The number of sulfonamides is 1. The van der Waals surface area contributed by atoms with Gasteiger partial charge in [0.1, 0.15) is 0 Å². The molecular formula is C13H16ClN3O4S. The summed E-state index contributed by atoms with van der Waals surface area (Å²) in [5, 5.41) is 7.70. The van der Waals surface area contributed by atoms with Crippen LogP contribution in [0.5, 0.6) is 0 Å². The van der Waals surface area contributed by atoms with E-state index >= 15 is 0 Å². The van der Waals surface area contributed by atoms with Crippen LogP contribution in [-0.2, 0) is 14.8 Å². The summed E-state index contributed by atoms with van der Waals surface area (Å²) in [6.45, 7) is 0.255. The second-order valence-corrected chi connectivity index (χ2v) is 7.21. The lowest BCUT2D eigenvalue weighted by atomic mass is 10.1. The largest absolute Gasteiger partial charge is 0.355 e. The molecule has 3 N–H and O–H groups in total. The van der Waals surface area contributed by atoms with Crippen molar-refractivity contribution in [1.82, 2.24) is 5.32 Å². The van der Waals surface area contributed by atoms with Gasteiger partial charge in [0, 0.05) is 31.6 Å². The Morgan fingerprint density at radius 2 is 2.18 bits per heavy atom. The molecule has 0 saturated carbocycles. The zero-order valence-corrected chi connectivity index (χ0v) is 13.4. The third-order valence-corrected chi connectivity index (χ3v) is 4.66. The Kier molecular flexibility index (Phi) is 4.74. The van der Waals surface area contributed by atoms with Gasteiger partial charge in [-0.2, -0.15) is 0 Å². The molecule has 1 aromatic carbocycles. The molecule has 1 fully saturated rings. The van der Waals surface area contributed by atoms with Gasteiger partial charge in [-0.05, 0) is 18.2 Å². The lowest BCUT2D eigenvalue weighted by Crippen LogP contribution is -2.27. The number of carbonyl (C=O) groups is 2. The number of rotatable bonds is 4. The predicted molar refractivity (Wildman–Crippen MR) is 83.3 cm³/mol. The molecule has 1 heterocycles. The van der Waals surface area contributed by atoms with E-state index in [1.807, 2.05) is 0 Å². The fourth-order valence-electron chi connectivity index (χ4n) is 2.46. The van der Waals surface area contributed by atoms with E-state index in [4.69, 9.17) is 16.7 Å². The molecule has 0 aliphatic carbocycles. The Labute approximate surface area is 133 Å². The topological polar surface area (TPSA) is 110 Å². The molecule has 1 unspecified atom stereocenters. The zero-order valence-electron chi connectivity index (χ0n) is 11.9. The third-order valence-electron chi connectivity index (χ3n) is 3.41. The first-order chi connectivity index (χ1) is 10.2. The van der Waals surface area contributed by atoms with Crippen molar-refractivity contribution in [2.75, 3.05) is 24.2 Å². The van der Waals surface area contributed by atoms with Crippen LogP contribution in [0.4, 0.5) is 5.69 Å². The highest BCUT2D eigenvalue weighted by molar-refractivity contribution is 7.89. The molecule has 1 aromatic rings. The van der Waals surface area contributed by atoms with Crippen molar-refractivity contribution < 1.29 is 18.0 Å². The molecule has 1 saturated heterocycles. The summed E-state index contributed by atoms with van der Waals surface area (Å²) in [7, 11) is -2.13. The van der Waals surface area contributed by atoms with Crippen molar-refractivity contribution in [3.05, 3.63) is 28.8 Å². The van der Waals surface area contributed by atoms with E-state index in [9.17, 15) is 18.0 Å². The number of halogens is 1. The summed E-state index contributed by atoms with van der Waals surface area (Å²) in [6, 6.07) is 4.65. The van der Waals surface area contributed by atoms with Crippen molar-refractivity contribution in [2.45, 2.75) is 6.42 Å². The molecule has 1 aliphatic rings. The Balaban J connectivity index is 2.20. The summed E-state index contributed by atoms with van der Waals surface area (Å²) < 4.78 is 22.3. The lowest BCUT2D eigenvalue weighted by molar-refractivity contribution is -0.117. The fourth-order valence-corrected chi connectivity index (χ4v) is 3.60. The van der Waals surface area contributed by atoms with Crippen LogP contribution in [0.2, 0.25) is 5.02 Å². The highest BCUT2D eigenvalue weighted by Crippen LogP contribution is 2.29. The zero-order chi connectivity index (χ0) is 16.5. The molecule has 9 heteroatoms. The first-order valence-corrected chi connectivity index (χ1v) is 8.63. The fraction of sp³-hybridized carbons (Fsp3) is 0.385. The van der Waals surface area contributed by atoms with Gasteiger partial charge < -0.3 is 10.2 Å². The van der Waals surface area contributed by atoms with Crippen molar-refractivity contribution in [1.29, 1.82) is 0 Å². The third kappa shape index (κ3) is 3.76. The molecule has 0 radical (unpaired) electrons. The molecule has 1 atom stereocenters. The minimum atomic E-state index is -3.62. The van der Waals surface area contributed by atoms with E-state index in [2.05, 4.69) is 5.32 Å². The first-order valence-electron chi connectivity index (χ1n) is 6.53. The summed E-state index contributed by atoms with van der Waals surface area (Å²) in [5.41, 5.74) is 0.834. The molecule has 120 valence electrons. The van der Waals surface area contributed by atoms with Gasteiger partial charge in [-0.25, -0.2) is 13.6 Å². The van der Waals surface area contributed by atoms with Crippen LogP contribution in [0.25, 0.3) is 0 Å². The van der Waals surface area contributed by atoms with Gasteiger partial charge in [-0.15, -0.1) is 0 Å². The summed E-state index contributed by atoms with van der Waals surface area (Å²) in [6.07, 6.45) is 0.116. The monoisotopic (exact) mass is 345 g/mol. The summed E-state index contributed by atoms with van der Waals surface area (Å²) in [4.78, 5) is 25.1. The molecule has 0 spiro atoms. The van der Waals surface area contributed by atoms with E-state index in [1.165, 1.54) is 24.1 Å². The van der Waals surface area contributed by atoms with Crippen molar-refractivity contribution in [3.63, 3.8) is 0 Å². The number of anilines is 1. The SMILES string of the molecule is CNC(=O)c1ccc(N2CC(CS(N)(=O)=O)CC2=O)cc1Cl. The molecule has 22 heavy (non-hydrogen) atoms. The van der Waals surface area contributed by atoms with Gasteiger partial charge in [0.05, 0.1) is 16.3 Å². The number of nitrogens with zero attached hydrogens (tertiary/aromatic N) is 1. The number of primary sulfonamides is 1. The molecule has 2 amide bonds. The number of nitrogens with two attached hydrogens (primary N) is 1. The maximum Gasteiger partial charge on any atom is 0.252 e. The van der Waals surface area contributed by atoms with Crippen molar-refractivity contribution in [2.24, 2.45) is 11.1 Å². The number of carbonyl (C=O) groups excluding carboxylic acids is 2. The van der Waals surface area contributed by atoms with Crippen LogP contribution in [-0.4, -0.2) is 39.6 Å². The van der Waals surface area contributed by atoms with Gasteiger partial charge >= 0.3 is 0 Å². The maximum atomic E-state index is 12.0. The highest BCUT2D eigenvalue weighted by Gasteiger charge is 2.33. The quantitative estimate of drug-likeness (QED) is 0.819. The van der Waals surface area contributed by atoms with Crippen LogP contribution in [0, 0.1) is 5.92 Å². The average molecular weight is 346 g/mol. The Bertz CT molecular complexity index is 720. The van der Waals surface area contributed by atoms with Gasteiger partial charge in [0.2, 0.25) is 15.9 Å². The Hall–Kier alpha value is -1.64. The number of hydrogen-bond acceptors (Lipinski definition) is 4. The Morgan fingerprint density at radius 1 is 1.50 bits per heavy atom. The minimum Gasteiger partial charge on any atom is -0.355 e. The van der Waals surface area contributed by atoms with Gasteiger partial charge in [0.25, 0.3) is 5.91 Å². The molecule has 0 aromatic heterocycles. The summed E-state index contributed by atoms with van der Waals surface area (Å²) in [5.74, 6) is -1.10. The normalized spacial score (nSPS) is 18.6. The maximum absolute atomic E-state index is 12.0. The van der Waals surface area contributed by atoms with Crippen LogP contribution in [0.15, 0.2) is 18.2 Å². The van der Waals surface area contributed by atoms with Crippen molar-refractivity contribution in [3.8, 4) is 0 Å². The number of nitrogens with one attached hydrogen (secondary N) is 1. The van der Waals surface area contributed by atoms with Crippen LogP contribution >= 0.6 is 11.6 Å². The highest BCUT2D eigenvalue weighted by atomic mass is 35.5. The van der Waals surface area contributed by atoms with Gasteiger partial charge in [-0.3, -0.25) is 9.59 Å². The van der Waals surface area contributed by atoms with Crippen molar-refractivity contribution >= 4 is 39.1 Å². The van der Waals surface area contributed by atoms with E-state index in [-0.39, 0.29) is 41.5 Å². The van der Waals surface area contributed by atoms with Gasteiger partial charge in [0.15, 0.2) is 0 Å². The van der Waals surface area contributed by atoms with Gasteiger partial charge in [-0.1, -0.05) is 11.6 Å². The number of hydrogen-bond donors (Lipinski definition) is 2. The van der Waals surface area contributed by atoms with E-state index in [0.717, 1.165) is 0 Å². The summed E-state index contributed by atoms with van der Waals surface area (Å²) >= 11 is 6.06. The first kappa shape index (κ1) is 16.7. The van der Waals surface area contributed by atoms with E-state index in [0.29, 0.717) is 11.3 Å². The second-order valence-electron chi connectivity index (χ2n) is 5.15. The second kappa shape index (κ2) is 6.23. The smallest absolute Gasteiger partial charge is 0.252 e. The molecule has 7 nitrogen and oxygen atoms in total. The molecule has 1 aliphatic heterocycles. The number of amides is 2. The molecular weight excluding hydrogens is 330 g/mol. The standard InChI is InChI=1S/C13H16ClN3O4S/c1-16-13(19)10-3-2-9(5-11(10)14)17-6-8(4-12(17)18)7-22(15,20)21/h2-3,5,8H,4,6-7H2,1H3,(H,16,19)(H2,15,20,21). The average Bonchev–Trinajstić information content (AvgIpc) is 2.76. The predicted octanol–water partition coefficient (Wildman–Crippen LogP) is 0.341. The minimum absolute atomic E-state index is 0.116. The van der Waals surface area contributed by atoms with E-state index in [1.54, 1.807) is 6.07 Å². The van der Waals surface area contributed by atoms with Crippen LogP contribution in [0.3, 0.4) is 0 Å². The van der Waals surface area contributed by atoms with E-state index < -0.39 is 10.0 Å². The molecule has 2 rings (SSSR count). The Morgan fingerprint density at radius 3 is 2.73 bits per heavy atom. The van der Waals surface area contributed by atoms with Crippen LogP contribution < -0.4 is 15.4 Å². The molecule has 0 bridgehead atoms.